The molecule has 3 aromatic rings. The number of nitrogens with one attached hydrogen (secondary N) is 2. The Morgan fingerprint density at radius 1 is 1.00 bits per heavy atom. The van der Waals surface area contributed by atoms with E-state index in [0.29, 0.717) is 18.0 Å². The molecule has 2 N–H and O–H groups in total. The minimum absolute atomic E-state index is 0.00702. The Bertz CT molecular complexity index is 1200. The molecular formula is C22H17Cl2N3O5. The van der Waals surface area contributed by atoms with Crippen molar-refractivity contribution in [2.75, 3.05) is 17.2 Å². The molecule has 0 heterocycles. The van der Waals surface area contributed by atoms with Crippen LogP contribution in [0.5, 0.6) is 5.75 Å². The number of benzene rings is 3. The first-order valence-electron chi connectivity index (χ1n) is 9.38. The molecular weight excluding hydrogens is 457 g/mol. The summed E-state index contributed by atoms with van der Waals surface area (Å²) in [4.78, 5) is 36.1. The van der Waals surface area contributed by atoms with E-state index in [1.807, 2.05) is 6.92 Å². The van der Waals surface area contributed by atoms with Gasteiger partial charge in [-0.05, 0) is 37.3 Å². The summed E-state index contributed by atoms with van der Waals surface area (Å²) in [6.07, 6.45) is 0. The zero-order valence-corrected chi connectivity index (χ0v) is 18.2. The maximum absolute atomic E-state index is 13.0. The van der Waals surface area contributed by atoms with Crippen LogP contribution < -0.4 is 15.4 Å². The smallest absolute Gasteiger partial charge is 0.270 e. The summed E-state index contributed by atoms with van der Waals surface area (Å²) in [5, 5.41) is 16.5. The fourth-order valence-electron chi connectivity index (χ4n) is 2.87. The molecule has 0 fully saturated rings. The van der Waals surface area contributed by atoms with Crippen LogP contribution in [0.25, 0.3) is 0 Å². The molecule has 3 rings (SSSR count). The fourth-order valence-corrected chi connectivity index (χ4v) is 3.41. The molecule has 3 aromatic carbocycles. The van der Waals surface area contributed by atoms with Gasteiger partial charge in [-0.3, -0.25) is 19.7 Å². The van der Waals surface area contributed by atoms with Crippen molar-refractivity contribution in [3.63, 3.8) is 0 Å². The molecule has 2 amide bonds. The molecule has 164 valence electrons. The van der Waals surface area contributed by atoms with E-state index in [9.17, 15) is 19.7 Å². The van der Waals surface area contributed by atoms with Gasteiger partial charge in [-0.1, -0.05) is 41.4 Å². The second-order valence-corrected chi connectivity index (χ2v) is 7.30. The van der Waals surface area contributed by atoms with Crippen LogP contribution in [0.1, 0.15) is 27.6 Å². The summed E-state index contributed by atoms with van der Waals surface area (Å²) in [7, 11) is 0. The van der Waals surface area contributed by atoms with Gasteiger partial charge in [0.1, 0.15) is 5.75 Å². The largest absolute Gasteiger partial charge is 0.492 e. The third-order valence-electron chi connectivity index (χ3n) is 4.29. The van der Waals surface area contributed by atoms with Crippen LogP contribution in [0.15, 0.2) is 60.7 Å². The summed E-state index contributed by atoms with van der Waals surface area (Å²) in [5.74, 6) is -0.795. The number of carbonyl (C=O) groups excluding carboxylic acids is 2. The minimum Gasteiger partial charge on any atom is -0.492 e. The van der Waals surface area contributed by atoms with E-state index >= 15 is 0 Å². The molecule has 0 spiro atoms. The van der Waals surface area contributed by atoms with Gasteiger partial charge in [0.05, 0.1) is 33.5 Å². The Hall–Kier alpha value is -3.62. The Kier molecular flexibility index (Phi) is 7.29. The quantitative estimate of drug-likeness (QED) is 0.332. The van der Waals surface area contributed by atoms with Crippen molar-refractivity contribution in [1.82, 2.24) is 0 Å². The molecule has 0 unspecified atom stereocenters. The van der Waals surface area contributed by atoms with E-state index < -0.39 is 16.7 Å². The van der Waals surface area contributed by atoms with Gasteiger partial charge in [-0.15, -0.1) is 0 Å². The summed E-state index contributed by atoms with van der Waals surface area (Å²) in [5.41, 5.74) is 0.224. The Labute approximate surface area is 193 Å². The molecule has 10 heteroatoms. The van der Waals surface area contributed by atoms with Gasteiger partial charge in [0.25, 0.3) is 17.5 Å². The van der Waals surface area contributed by atoms with Crippen molar-refractivity contribution < 1.29 is 19.2 Å². The molecule has 0 saturated heterocycles. The van der Waals surface area contributed by atoms with Crippen molar-refractivity contribution >= 4 is 52.1 Å². The molecule has 0 aliphatic rings. The Morgan fingerprint density at radius 3 is 2.47 bits per heavy atom. The average Bonchev–Trinajstić information content (AvgIpc) is 2.76. The number of anilines is 2. The molecule has 8 nitrogen and oxygen atoms in total. The van der Waals surface area contributed by atoms with E-state index in [-0.39, 0.29) is 32.5 Å². The molecule has 32 heavy (non-hydrogen) atoms. The number of nitro benzene ring substituents is 1. The van der Waals surface area contributed by atoms with E-state index in [1.165, 1.54) is 30.3 Å². The van der Waals surface area contributed by atoms with Crippen LogP contribution in [0, 0.1) is 10.1 Å². The Balaban J connectivity index is 1.93. The number of halogens is 2. The van der Waals surface area contributed by atoms with Gasteiger partial charge in [-0.2, -0.15) is 0 Å². The number of ether oxygens (including phenoxy) is 1. The summed E-state index contributed by atoms with van der Waals surface area (Å²) < 4.78 is 5.51. The summed E-state index contributed by atoms with van der Waals surface area (Å²) in [6.45, 7) is 2.22. The summed E-state index contributed by atoms with van der Waals surface area (Å²) in [6, 6.07) is 14.8. The third kappa shape index (κ3) is 5.35. The van der Waals surface area contributed by atoms with Crippen molar-refractivity contribution in [3.8, 4) is 5.75 Å². The number of hydrogen-bond acceptors (Lipinski definition) is 5. The zero-order valence-electron chi connectivity index (χ0n) is 16.7. The highest BCUT2D eigenvalue weighted by molar-refractivity contribution is 6.38. The molecule has 0 aliphatic carbocycles. The maximum Gasteiger partial charge on any atom is 0.270 e. The normalized spacial score (nSPS) is 10.3. The first kappa shape index (κ1) is 23.1. The van der Waals surface area contributed by atoms with E-state index in [2.05, 4.69) is 10.6 Å². The predicted octanol–water partition coefficient (Wildman–Crippen LogP) is 5.80. The third-order valence-corrected chi connectivity index (χ3v) is 4.81. The Morgan fingerprint density at radius 2 is 1.75 bits per heavy atom. The maximum atomic E-state index is 13.0. The monoisotopic (exact) mass is 473 g/mol. The van der Waals surface area contributed by atoms with Crippen LogP contribution in [-0.4, -0.2) is 23.3 Å². The van der Waals surface area contributed by atoms with Gasteiger partial charge in [0.15, 0.2) is 0 Å². The van der Waals surface area contributed by atoms with Crippen molar-refractivity contribution in [1.29, 1.82) is 0 Å². The number of nitrogens with zero attached hydrogens (tertiary/aromatic N) is 1. The minimum atomic E-state index is -0.679. The predicted molar refractivity (Wildman–Crippen MR) is 123 cm³/mol. The van der Waals surface area contributed by atoms with E-state index in [1.54, 1.807) is 24.3 Å². The number of para-hydroxylation sites is 2. The summed E-state index contributed by atoms with van der Waals surface area (Å²) >= 11 is 12.3. The van der Waals surface area contributed by atoms with Crippen LogP contribution in [0.3, 0.4) is 0 Å². The number of rotatable bonds is 7. The van der Waals surface area contributed by atoms with Gasteiger partial charge in [-0.25, -0.2) is 0 Å². The lowest BCUT2D eigenvalue weighted by Gasteiger charge is -2.15. The lowest BCUT2D eigenvalue weighted by Crippen LogP contribution is -2.19. The lowest BCUT2D eigenvalue weighted by atomic mass is 10.1. The lowest BCUT2D eigenvalue weighted by molar-refractivity contribution is -0.384. The molecule has 0 radical (unpaired) electrons. The number of amides is 2. The number of non-ortho nitro benzene ring substituents is 1. The van der Waals surface area contributed by atoms with Gasteiger partial charge >= 0.3 is 0 Å². The van der Waals surface area contributed by atoms with E-state index in [4.69, 9.17) is 27.9 Å². The highest BCUT2D eigenvalue weighted by Gasteiger charge is 2.21. The van der Waals surface area contributed by atoms with Crippen molar-refractivity contribution in [2.24, 2.45) is 0 Å². The van der Waals surface area contributed by atoms with E-state index in [0.717, 1.165) is 6.07 Å². The standard InChI is InChI=1S/C22H17Cl2N3O5/c1-2-32-19-9-4-3-8-18(19)25-22(29)16-11-14(23)12-17(24)20(16)26-21(28)13-6-5-7-15(10-13)27(30)31/h3-12H,2H2,1H3,(H,25,29)(H,26,28). The molecule has 0 aromatic heterocycles. The van der Waals surface area contributed by atoms with Gasteiger partial charge in [0, 0.05) is 22.7 Å². The van der Waals surface area contributed by atoms with Crippen LogP contribution in [0.4, 0.5) is 17.1 Å². The number of nitro groups is 1. The molecule has 0 aliphatic heterocycles. The highest BCUT2D eigenvalue weighted by Crippen LogP contribution is 2.32. The topological polar surface area (TPSA) is 111 Å². The average molecular weight is 474 g/mol. The van der Waals surface area contributed by atoms with Crippen LogP contribution in [-0.2, 0) is 0 Å². The second-order valence-electron chi connectivity index (χ2n) is 6.46. The van der Waals surface area contributed by atoms with Gasteiger partial charge < -0.3 is 15.4 Å². The van der Waals surface area contributed by atoms with Crippen LogP contribution >= 0.6 is 23.2 Å². The van der Waals surface area contributed by atoms with Crippen LogP contribution in [0.2, 0.25) is 10.0 Å². The SMILES string of the molecule is CCOc1ccccc1NC(=O)c1cc(Cl)cc(Cl)c1NC(=O)c1cccc([N+](=O)[O-])c1. The fraction of sp³-hybridized carbons (Fsp3) is 0.0909. The molecule has 0 saturated carbocycles. The van der Waals surface area contributed by atoms with Gasteiger partial charge in [0.2, 0.25) is 0 Å². The second kappa shape index (κ2) is 10.1. The first-order chi connectivity index (χ1) is 15.3. The highest BCUT2D eigenvalue weighted by atomic mass is 35.5. The zero-order chi connectivity index (χ0) is 23.3. The first-order valence-corrected chi connectivity index (χ1v) is 10.1. The molecule has 0 atom stereocenters. The van der Waals surface area contributed by atoms with Crippen molar-refractivity contribution in [2.45, 2.75) is 6.92 Å². The number of hydrogen-bond donors (Lipinski definition) is 2. The molecule has 0 bridgehead atoms. The van der Waals surface area contributed by atoms with Crippen molar-refractivity contribution in [3.05, 3.63) is 92.0 Å². The number of carbonyl (C=O) groups is 2.